The number of carbonyl (C=O) groups is 1. The third-order valence-electron chi connectivity index (χ3n) is 4.54. The molecule has 5 nitrogen and oxygen atoms in total. The van der Waals surface area contributed by atoms with Crippen molar-refractivity contribution in [1.82, 2.24) is 5.32 Å². The zero-order valence-corrected chi connectivity index (χ0v) is 17.0. The smallest absolute Gasteiger partial charge is 0.261 e. The Morgan fingerprint density at radius 3 is 2.07 bits per heavy atom. The molecule has 0 aromatic heterocycles. The first-order valence-corrected chi connectivity index (χ1v) is 10.9. The summed E-state index contributed by atoms with van der Waals surface area (Å²) in [6, 6.07) is 24.7. The predicted molar refractivity (Wildman–Crippen MR) is 115 cm³/mol. The monoisotopic (exact) mass is 408 g/mol. The van der Waals surface area contributed by atoms with Crippen LogP contribution in [0.2, 0.25) is 0 Å². The highest BCUT2D eigenvalue weighted by Gasteiger charge is 2.16. The van der Waals surface area contributed by atoms with Crippen LogP contribution in [0, 0.1) is 0 Å². The fourth-order valence-electron chi connectivity index (χ4n) is 2.91. The fraction of sp³-hybridized carbons (Fsp3) is 0.174. The molecule has 0 aliphatic heterocycles. The first kappa shape index (κ1) is 20.6. The average Bonchev–Trinajstić information content (AvgIpc) is 2.73. The highest BCUT2D eigenvalue weighted by atomic mass is 32.2. The van der Waals surface area contributed by atoms with Crippen molar-refractivity contribution in [3.8, 4) is 0 Å². The normalized spacial score (nSPS) is 12.2. The summed E-state index contributed by atoms with van der Waals surface area (Å²) in [5, 5.41) is 2.96. The minimum Gasteiger partial charge on any atom is -0.350 e. The summed E-state index contributed by atoms with van der Waals surface area (Å²) >= 11 is 0. The summed E-state index contributed by atoms with van der Waals surface area (Å²) in [4.78, 5) is 12.5. The lowest BCUT2D eigenvalue weighted by molar-refractivity contribution is 0.0938. The fourth-order valence-corrected chi connectivity index (χ4v) is 3.97. The van der Waals surface area contributed by atoms with Crippen LogP contribution in [0.4, 0.5) is 5.69 Å². The van der Waals surface area contributed by atoms with Crippen molar-refractivity contribution in [2.75, 3.05) is 4.72 Å². The molecule has 0 aliphatic rings. The van der Waals surface area contributed by atoms with Gasteiger partial charge in [-0.2, -0.15) is 0 Å². The van der Waals surface area contributed by atoms with Gasteiger partial charge in [0.15, 0.2) is 0 Å². The van der Waals surface area contributed by atoms with Crippen LogP contribution in [0.25, 0.3) is 0 Å². The van der Waals surface area contributed by atoms with Gasteiger partial charge in [0.05, 0.1) is 4.90 Å². The molecule has 29 heavy (non-hydrogen) atoms. The third-order valence-corrected chi connectivity index (χ3v) is 5.94. The second-order valence-corrected chi connectivity index (χ2v) is 8.58. The molecule has 0 spiro atoms. The van der Waals surface area contributed by atoms with Crippen molar-refractivity contribution in [3.63, 3.8) is 0 Å². The molecule has 0 saturated carbocycles. The van der Waals surface area contributed by atoms with Crippen molar-refractivity contribution in [3.05, 3.63) is 96.1 Å². The van der Waals surface area contributed by atoms with E-state index in [-0.39, 0.29) is 16.8 Å². The van der Waals surface area contributed by atoms with Gasteiger partial charge in [-0.3, -0.25) is 9.52 Å². The number of hydrogen-bond acceptors (Lipinski definition) is 3. The van der Waals surface area contributed by atoms with Gasteiger partial charge in [0.2, 0.25) is 0 Å². The summed E-state index contributed by atoms with van der Waals surface area (Å²) in [6.07, 6.45) is 1.70. The quantitative estimate of drug-likeness (QED) is 0.585. The van der Waals surface area contributed by atoms with Gasteiger partial charge in [-0.05, 0) is 61.7 Å². The van der Waals surface area contributed by atoms with E-state index in [2.05, 4.69) is 22.2 Å². The molecule has 3 rings (SSSR count). The molecule has 1 amide bonds. The third kappa shape index (κ3) is 5.93. The van der Waals surface area contributed by atoms with E-state index in [1.165, 1.54) is 29.8 Å². The maximum absolute atomic E-state index is 12.5. The van der Waals surface area contributed by atoms with E-state index in [4.69, 9.17) is 0 Å². The lowest BCUT2D eigenvalue weighted by Gasteiger charge is -2.14. The van der Waals surface area contributed by atoms with Crippen LogP contribution in [0.3, 0.4) is 0 Å². The van der Waals surface area contributed by atoms with Crippen LogP contribution >= 0.6 is 0 Å². The Kier molecular flexibility index (Phi) is 6.67. The average molecular weight is 409 g/mol. The summed E-state index contributed by atoms with van der Waals surface area (Å²) in [5.74, 6) is -0.217. The van der Waals surface area contributed by atoms with Gasteiger partial charge in [-0.1, -0.05) is 48.5 Å². The molecule has 0 bridgehead atoms. The number of anilines is 1. The van der Waals surface area contributed by atoms with E-state index >= 15 is 0 Å². The molecule has 0 fully saturated rings. The number of sulfonamides is 1. The number of rotatable bonds is 8. The van der Waals surface area contributed by atoms with Crippen molar-refractivity contribution in [2.45, 2.75) is 30.7 Å². The number of aryl methyl sites for hydroxylation is 1. The number of para-hydroxylation sites is 1. The Bertz CT molecular complexity index is 1030. The standard InChI is InChI=1S/C23H24N2O3S/c1-18(12-13-19-8-4-2-5-9-19)24-23(26)20-14-16-22(17-15-20)29(27,28)25-21-10-6-3-7-11-21/h2-11,14-18,25H,12-13H2,1H3,(H,24,26). The second-order valence-electron chi connectivity index (χ2n) is 6.89. The molecular weight excluding hydrogens is 384 g/mol. The summed E-state index contributed by atoms with van der Waals surface area (Å²) in [7, 11) is -3.70. The van der Waals surface area contributed by atoms with Crippen LogP contribution in [-0.4, -0.2) is 20.4 Å². The lowest BCUT2D eigenvalue weighted by Crippen LogP contribution is -2.32. The minimum absolute atomic E-state index is 0.00543. The molecule has 0 saturated heterocycles. The Morgan fingerprint density at radius 1 is 0.862 bits per heavy atom. The van der Waals surface area contributed by atoms with E-state index in [0.29, 0.717) is 11.3 Å². The van der Waals surface area contributed by atoms with Crippen LogP contribution in [0.15, 0.2) is 89.8 Å². The summed E-state index contributed by atoms with van der Waals surface area (Å²) in [5.41, 5.74) is 2.14. The minimum atomic E-state index is -3.70. The zero-order valence-electron chi connectivity index (χ0n) is 16.2. The van der Waals surface area contributed by atoms with Crippen molar-refractivity contribution >= 4 is 21.6 Å². The molecule has 0 radical (unpaired) electrons. The molecular formula is C23H24N2O3S. The number of benzene rings is 3. The maximum Gasteiger partial charge on any atom is 0.261 e. The van der Waals surface area contributed by atoms with E-state index in [1.807, 2.05) is 31.2 Å². The number of hydrogen-bond donors (Lipinski definition) is 2. The summed E-state index contributed by atoms with van der Waals surface area (Å²) < 4.78 is 27.5. The van der Waals surface area contributed by atoms with Crippen LogP contribution < -0.4 is 10.0 Å². The first-order chi connectivity index (χ1) is 13.9. The molecule has 150 valence electrons. The highest BCUT2D eigenvalue weighted by molar-refractivity contribution is 7.92. The highest BCUT2D eigenvalue weighted by Crippen LogP contribution is 2.16. The van der Waals surface area contributed by atoms with Gasteiger partial charge in [0.25, 0.3) is 15.9 Å². The van der Waals surface area contributed by atoms with Gasteiger partial charge in [0, 0.05) is 17.3 Å². The Hall–Kier alpha value is -3.12. The van der Waals surface area contributed by atoms with Crippen LogP contribution in [0.5, 0.6) is 0 Å². The Labute approximate surface area is 171 Å². The van der Waals surface area contributed by atoms with Gasteiger partial charge < -0.3 is 5.32 Å². The Morgan fingerprint density at radius 2 is 1.45 bits per heavy atom. The molecule has 0 heterocycles. The molecule has 1 atom stereocenters. The summed E-state index contributed by atoms with van der Waals surface area (Å²) in [6.45, 7) is 1.96. The van der Waals surface area contributed by atoms with Crippen LogP contribution in [-0.2, 0) is 16.4 Å². The van der Waals surface area contributed by atoms with Gasteiger partial charge in [-0.15, -0.1) is 0 Å². The van der Waals surface area contributed by atoms with Crippen LogP contribution in [0.1, 0.15) is 29.3 Å². The predicted octanol–water partition coefficient (Wildman–Crippen LogP) is 4.24. The maximum atomic E-state index is 12.5. The van der Waals surface area contributed by atoms with Crippen molar-refractivity contribution in [2.24, 2.45) is 0 Å². The molecule has 0 aliphatic carbocycles. The second kappa shape index (κ2) is 9.39. The molecule has 3 aromatic rings. The van der Waals surface area contributed by atoms with Crippen molar-refractivity contribution in [1.29, 1.82) is 0 Å². The lowest BCUT2D eigenvalue weighted by atomic mass is 10.1. The van der Waals surface area contributed by atoms with Gasteiger partial charge in [0.1, 0.15) is 0 Å². The zero-order chi connectivity index (χ0) is 20.7. The van der Waals surface area contributed by atoms with Gasteiger partial charge >= 0.3 is 0 Å². The largest absolute Gasteiger partial charge is 0.350 e. The van der Waals surface area contributed by atoms with E-state index < -0.39 is 10.0 Å². The Balaban J connectivity index is 1.58. The number of amides is 1. The first-order valence-electron chi connectivity index (χ1n) is 9.47. The number of nitrogens with one attached hydrogen (secondary N) is 2. The SMILES string of the molecule is CC(CCc1ccccc1)NC(=O)c1ccc(S(=O)(=O)Nc2ccccc2)cc1. The molecule has 2 N–H and O–H groups in total. The van der Waals surface area contributed by atoms with E-state index in [0.717, 1.165) is 12.8 Å². The molecule has 1 unspecified atom stereocenters. The molecule has 3 aromatic carbocycles. The van der Waals surface area contributed by atoms with Crippen molar-refractivity contribution < 1.29 is 13.2 Å². The topological polar surface area (TPSA) is 75.3 Å². The van der Waals surface area contributed by atoms with E-state index in [9.17, 15) is 13.2 Å². The number of carbonyl (C=O) groups excluding carboxylic acids is 1. The van der Waals surface area contributed by atoms with Gasteiger partial charge in [-0.25, -0.2) is 8.42 Å². The molecule has 6 heteroatoms. The van der Waals surface area contributed by atoms with E-state index in [1.54, 1.807) is 24.3 Å².